The lowest BCUT2D eigenvalue weighted by molar-refractivity contribution is -0.126. The molecule has 3 amide bonds. The van der Waals surface area contributed by atoms with Gasteiger partial charge in [0.15, 0.2) is 11.5 Å². The molecule has 2 aromatic rings. The first-order valence-corrected chi connectivity index (χ1v) is 10.1. The van der Waals surface area contributed by atoms with Gasteiger partial charge in [0.2, 0.25) is 5.91 Å². The molecule has 2 heterocycles. The largest absolute Gasteiger partial charge is 0.486 e. The van der Waals surface area contributed by atoms with E-state index in [2.05, 4.69) is 5.32 Å². The number of carbonyl (C=O) groups is 3. The fourth-order valence-corrected chi connectivity index (χ4v) is 3.76. The van der Waals surface area contributed by atoms with Crippen molar-refractivity contribution in [3.8, 4) is 11.5 Å². The van der Waals surface area contributed by atoms with Gasteiger partial charge in [-0.3, -0.25) is 19.3 Å². The van der Waals surface area contributed by atoms with Crippen LogP contribution < -0.4 is 14.8 Å². The van der Waals surface area contributed by atoms with Crippen molar-refractivity contribution in [2.24, 2.45) is 5.92 Å². The molecule has 0 saturated heterocycles. The number of benzene rings is 2. The van der Waals surface area contributed by atoms with Crippen molar-refractivity contribution < 1.29 is 23.9 Å². The fraction of sp³-hybridized carbons (Fsp3) is 0.348. The van der Waals surface area contributed by atoms with Crippen LogP contribution in [0.3, 0.4) is 0 Å². The van der Waals surface area contributed by atoms with Crippen LogP contribution in [0.4, 0.5) is 0 Å². The minimum absolute atomic E-state index is 0.117. The second-order valence-electron chi connectivity index (χ2n) is 7.91. The molecule has 7 nitrogen and oxygen atoms in total. The number of para-hydroxylation sites is 2. The Morgan fingerprint density at radius 2 is 1.63 bits per heavy atom. The Hall–Kier alpha value is -3.35. The van der Waals surface area contributed by atoms with E-state index in [1.807, 2.05) is 38.1 Å². The van der Waals surface area contributed by atoms with Crippen LogP contribution in [0.2, 0.25) is 0 Å². The van der Waals surface area contributed by atoms with Crippen LogP contribution in [0.25, 0.3) is 0 Å². The molecule has 0 bridgehead atoms. The quantitative estimate of drug-likeness (QED) is 0.743. The van der Waals surface area contributed by atoms with E-state index in [9.17, 15) is 14.4 Å². The van der Waals surface area contributed by atoms with Gasteiger partial charge in [-0.25, -0.2) is 0 Å². The minimum atomic E-state index is -0.880. The molecule has 2 aliphatic rings. The van der Waals surface area contributed by atoms with Gasteiger partial charge < -0.3 is 14.8 Å². The summed E-state index contributed by atoms with van der Waals surface area (Å²) >= 11 is 0. The smallest absolute Gasteiger partial charge is 0.262 e. The highest BCUT2D eigenvalue weighted by molar-refractivity contribution is 6.22. The monoisotopic (exact) mass is 408 g/mol. The van der Waals surface area contributed by atoms with E-state index in [0.717, 1.165) is 4.90 Å². The summed E-state index contributed by atoms with van der Waals surface area (Å²) in [5, 5.41) is 2.84. The molecular formula is C23H24N2O5. The van der Waals surface area contributed by atoms with Crippen LogP contribution in [0.1, 0.15) is 41.0 Å². The molecule has 4 rings (SSSR count). The average molecular weight is 408 g/mol. The standard InChI is InChI=1S/C23H24N2O5/c1-14(2)11-18(25-22(27)16-7-3-4-8-17(16)23(25)28)21(26)24-12-15-13-29-19-9-5-6-10-20(19)30-15/h3-10,14-15,18H,11-13H2,1-2H3,(H,24,26)/t15-,18+/m1/s1. The third kappa shape index (κ3) is 3.75. The highest BCUT2D eigenvalue weighted by Crippen LogP contribution is 2.31. The lowest BCUT2D eigenvalue weighted by Crippen LogP contribution is -2.52. The molecule has 0 radical (unpaired) electrons. The molecule has 7 heteroatoms. The number of hydrogen-bond donors (Lipinski definition) is 1. The summed E-state index contributed by atoms with van der Waals surface area (Å²) in [7, 11) is 0. The Labute approximate surface area is 175 Å². The highest BCUT2D eigenvalue weighted by atomic mass is 16.6. The lowest BCUT2D eigenvalue weighted by atomic mass is 10.0. The van der Waals surface area contributed by atoms with Gasteiger partial charge >= 0.3 is 0 Å². The number of nitrogens with one attached hydrogen (secondary N) is 1. The van der Waals surface area contributed by atoms with Gasteiger partial charge in [-0.1, -0.05) is 38.1 Å². The van der Waals surface area contributed by atoms with Crippen LogP contribution in [-0.4, -0.2) is 47.9 Å². The predicted molar refractivity (Wildman–Crippen MR) is 110 cm³/mol. The van der Waals surface area contributed by atoms with Gasteiger partial charge in [-0.05, 0) is 36.6 Å². The van der Waals surface area contributed by atoms with Crippen molar-refractivity contribution in [2.75, 3.05) is 13.2 Å². The zero-order valence-corrected chi connectivity index (χ0v) is 17.0. The molecular weight excluding hydrogens is 384 g/mol. The van der Waals surface area contributed by atoms with Gasteiger partial charge in [0.25, 0.3) is 11.8 Å². The molecule has 2 aliphatic heterocycles. The van der Waals surface area contributed by atoms with E-state index >= 15 is 0 Å². The molecule has 0 aromatic heterocycles. The third-order valence-corrected chi connectivity index (χ3v) is 5.21. The summed E-state index contributed by atoms with van der Waals surface area (Å²) in [5.41, 5.74) is 0.675. The first-order valence-electron chi connectivity index (χ1n) is 10.1. The number of hydrogen-bond acceptors (Lipinski definition) is 5. The summed E-state index contributed by atoms with van der Waals surface area (Å²) in [6.45, 7) is 4.42. The Kier molecular flexibility index (Phi) is 5.44. The number of amides is 3. The third-order valence-electron chi connectivity index (χ3n) is 5.21. The predicted octanol–water partition coefficient (Wildman–Crippen LogP) is 2.65. The van der Waals surface area contributed by atoms with E-state index in [-0.39, 0.29) is 24.5 Å². The van der Waals surface area contributed by atoms with Crippen LogP contribution in [0, 0.1) is 5.92 Å². The van der Waals surface area contributed by atoms with Crippen LogP contribution in [0.15, 0.2) is 48.5 Å². The van der Waals surface area contributed by atoms with Crippen molar-refractivity contribution in [1.82, 2.24) is 10.2 Å². The SMILES string of the molecule is CC(C)C[C@@H](C(=O)NC[C@@H]1COc2ccccc2O1)N1C(=O)c2ccccc2C1=O. The maximum atomic E-state index is 13.0. The van der Waals surface area contributed by atoms with E-state index in [4.69, 9.17) is 9.47 Å². The van der Waals surface area contributed by atoms with Gasteiger partial charge in [-0.15, -0.1) is 0 Å². The Balaban J connectivity index is 1.46. The molecule has 156 valence electrons. The molecule has 2 aromatic carbocycles. The van der Waals surface area contributed by atoms with Crippen molar-refractivity contribution in [2.45, 2.75) is 32.4 Å². The van der Waals surface area contributed by atoms with Crippen molar-refractivity contribution in [3.05, 3.63) is 59.7 Å². The van der Waals surface area contributed by atoms with Gasteiger partial charge in [0.05, 0.1) is 17.7 Å². The fourth-order valence-electron chi connectivity index (χ4n) is 3.76. The Morgan fingerprint density at radius 3 is 2.27 bits per heavy atom. The normalized spacial score (nSPS) is 18.4. The summed E-state index contributed by atoms with van der Waals surface area (Å²) in [6, 6.07) is 13.1. The minimum Gasteiger partial charge on any atom is -0.486 e. The van der Waals surface area contributed by atoms with Gasteiger partial charge in [-0.2, -0.15) is 0 Å². The zero-order chi connectivity index (χ0) is 21.3. The topological polar surface area (TPSA) is 84.9 Å². The van der Waals surface area contributed by atoms with Crippen LogP contribution >= 0.6 is 0 Å². The second kappa shape index (κ2) is 8.18. The number of imide groups is 1. The molecule has 2 atom stereocenters. The van der Waals surface area contributed by atoms with E-state index in [0.29, 0.717) is 35.7 Å². The molecule has 0 saturated carbocycles. The molecule has 0 spiro atoms. The Bertz CT molecular complexity index is 952. The molecule has 0 unspecified atom stereocenters. The van der Waals surface area contributed by atoms with E-state index in [1.54, 1.807) is 24.3 Å². The molecule has 0 fully saturated rings. The number of nitrogens with zero attached hydrogens (tertiary/aromatic N) is 1. The van der Waals surface area contributed by atoms with Crippen molar-refractivity contribution >= 4 is 17.7 Å². The Morgan fingerprint density at radius 1 is 1.03 bits per heavy atom. The zero-order valence-electron chi connectivity index (χ0n) is 17.0. The number of rotatable bonds is 6. The maximum absolute atomic E-state index is 13.0. The maximum Gasteiger partial charge on any atom is 0.262 e. The molecule has 30 heavy (non-hydrogen) atoms. The van der Waals surface area contributed by atoms with E-state index < -0.39 is 17.9 Å². The van der Waals surface area contributed by atoms with Crippen molar-refractivity contribution in [3.63, 3.8) is 0 Å². The van der Waals surface area contributed by atoms with Crippen LogP contribution in [-0.2, 0) is 4.79 Å². The first kappa shape index (κ1) is 19.9. The second-order valence-corrected chi connectivity index (χ2v) is 7.91. The summed E-state index contributed by atoms with van der Waals surface area (Å²) in [4.78, 5) is 39.8. The summed E-state index contributed by atoms with van der Waals surface area (Å²) in [6.07, 6.45) is 0.0213. The van der Waals surface area contributed by atoms with Gasteiger partial charge in [0, 0.05) is 0 Å². The molecule has 1 N–H and O–H groups in total. The number of carbonyl (C=O) groups excluding carboxylic acids is 3. The summed E-state index contributed by atoms with van der Waals surface area (Å²) in [5.74, 6) is 0.183. The van der Waals surface area contributed by atoms with Crippen LogP contribution in [0.5, 0.6) is 11.5 Å². The number of ether oxygens (including phenoxy) is 2. The molecule has 0 aliphatic carbocycles. The van der Waals surface area contributed by atoms with Gasteiger partial charge in [0.1, 0.15) is 18.8 Å². The van der Waals surface area contributed by atoms with Crippen molar-refractivity contribution in [1.29, 1.82) is 0 Å². The lowest BCUT2D eigenvalue weighted by Gasteiger charge is -2.29. The summed E-state index contributed by atoms with van der Waals surface area (Å²) < 4.78 is 11.5. The van der Waals surface area contributed by atoms with E-state index in [1.165, 1.54) is 0 Å². The first-order chi connectivity index (χ1) is 14.5. The number of fused-ring (bicyclic) bond motifs is 2. The average Bonchev–Trinajstić information content (AvgIpc) is 3.00. The highest BCUT2D eigenvalue weighted by Gasteiger charge is 2.42.